The molecule has 2 N–H and O–H groups in total. The van der Waals surface area contributed by atoms with Gasteiger partial charge in [-0.1, -0.05) is 37.1 Å². The van der Waals surface area contributed by atoms with Crippen molar-refractivity contribution in [3.63, 3.8) is 0 Å². The Morgan fingerprint density at radius 3 is 2.47 bits per heavy atom. The number of alkyl halides is 1. The molecule has 0 radical (unpaired) electrons. The molecule has 6 unspecified atom stereocenters. The van der Waals surface area contributed by atoms with Crippen LogP contribution in [-0.2, 0) is 14.3 Å². The second-order valence-electron chi connectivity index (χ2n) is 16.1. The van der Waals surface area contributed by atoms with Crippen molar-refractivity contribution < 1.29 is 48.3 Å². The van der Waals surface area contributed by atoms with Crippen LogP contribution < -0.4 is 14.2 Å². The minimum atomic E-state index is -1.42. The largest absolute Gasteiger partial charge is 0.496 e. The van der Waals surface area contributed by atoms with Crippen molar-refractivity contribution in [2.45, 2.75) is 102 Å². The number of amides is 1. The lowest BCUT2D eigenvalue weighted by Gasteiger charge is -2.60. The van der Waals surface area contributed by atoms with Crippen LogP contribution in [-0.4, -0.2) is 96.6 Å². The molecular weight excluding hydrogens is 764 g/mol. The van der Waals surface area contributed by atoms with Crippen molar-refractivity contribution in [3.8, 4) is 23.0 Å². The van der Waals surface area contributed by atoms with Gasteiger partial charge >= 0.3 is 6.09 Å². The number of unbranched alkanes of at least 4 members (excludes halogenated alkanes) is 2. The Morgan fingerprint density at radius 2 is 1.81 bits per heavy atom. The Labute approximate surface area is 348 Å². The number of benzene rings is 2. The van der Waals surface area contributed by atoms with Crippen LogP contribution in [0.5, 0.6) is 23.0 Å². The zero-order chi connectivity index (χ0) is 41.9. The summed E-state index contributed by atoms with van der Waals surface area (Å²) in [5.41, 5.74) is 2.28. The Balaban J connectivity index is 1.79. The monoisotopic (exact) mass is 824 g/mol. The summed E-state index contributed by atoms with van der Waals surface area (Å²) in [5, 5.41) is 24.6. The smallest absolute Gasteiger partial charge is 0.410 e. The summed E-state index contributed by atoms with van der Waals surface area (Å²) >= 11 is 6.01. The molecule has 13 heteroatoms. The van der Waals surface area contributed by atoms with Crippen LogP contribution in [0.4, 0.5) is 4.79 Å². The number of carbonyl (C=O) groups excluding carboxylic acids is 2. The normalized spacial score (nSPS) is 24.1. The number of methoxy groups -OCH3 is 1. The molecule has 12 nitrogen and oxygen atoms in total. The highest BCUT2D eigenvalue weighted by molar-refractivity contribution is 6.18. The SMILES string of the molecule is C=CCOC12Oc3ccc(Oc4ccc(OC)c(C=O)c4)cc3C3C(CCCCO)C(CCCCO)C=C(C(=NOC(C)(C)C)CC1N(CCC)C(=O)OCCCl)C32. The van der Waals surface area contributed by atoms with Gasteiger partial charge in [0.05, 0.1) is 36.8 Å². The van der Waals surface area contributed by atoms with Gasteiger partial charge in [-0.05, 0) is 107 Å². The van der Waals surface area contributed by atoms with Gasteiger partial charge in [0.25, 0.3) is 0 Å². The number of halogens is 1. The summed E-state index contributed by atoms with van der Waals surface area (Å²) < 4.78 is 31.7. The lowest BCUT2D eigenvalue weighted by molar-refractivity contribution is -0.255. The summed E-state index contributed by atoms with van der Waals surface area (Å²) in [6, 6.07) is 10.1. The van der Waals surface area contributed by atoms with E-state index in [0.29, 0.717) is 60.1 Å². The fourth-order valence-electron chi connectivity index (χ4n) is 8.73. The standard InChI is InChI=1S/C45H61ClN2O10/c1-7-20-48(43(52)54-24-19-46)40-28-37(47-58-44(3,4)5)35-26-30(13-9-11-21-49)34(14-10-12-22-50)41-36-27-33(56-32-15-17-38(53-6)31(25-32)29-51)16-18-39(36)57-45(40,42(35)41)55-23-8-2/h8,15-18,25-27,29-30,34,40-42,49-50H,2,7,9-14,19-24,28H2,1,3-6H3. The Kier molecular flexibility index (Phi) is 16.1. The third-order valence-corrected chi connectivity index (χ3v) is 11.2. The van der Waals surface area contributed by atoms with Gasteiger partial charge in [0.2, 0.25) is 5.79 Å². The number of allylic oxidation sites excluding steroid dienone is 1. The molecule has 1 saturated carbocycles. The summed E-state index contributed by atoms with van der Waals surface area (Å²) in [5.74, 6) is 0.105. The average Bonchev–Trinajstić information content (AvgIpc) is 3.21. The second kappa shape index (κ2) is 20.7. The molecule has 1 fully saturated rings. The van der Waals surface area contributed by atoms with Gasteiger partial charge in [0.15, 0.2) is 6.29 Å². The first kappa shape index (κ1) is 45.0. The maximum atomic E-state index is 14.1. The van der Waals surface area contributed by atoms with Gasteiger partial charge in [-0.3, -0.25) is 9.69 Å². The maximum Gasteiger partial charge on any atom is 0.410 e. The second-order valence-corrected chi connectivity index (χ2v) is 16.5. The average molecular weight is 825 g/mol. The highest BCUT2D eigenvalue weighted by Gasteiger charge is 2.65. The first-order chi connectivity index (χ1) is 28.0. The number of aliphatic hydroxyl groups excluding tert-OH is 2. The molecule has 0 saturated heterocycles. The molecule has 0 bridgehead atoms. The van der Waals surface area contributed by atoms with Gasteiger partial charge in [0, 0.05) is 37.7 Å². The Morgan fingerprint density at radius 1 is 1.09 bits per heavy atom. The number of fused-ring (bicyclic) bond motifs is 2. The van der Waals surface area contributed by atoms with Crippen molar-refractivity contribution in [3.05, 3.63) is 71.8 Å². The molecule has 1 aliphatic heterocycles. The predicted molar refractivity (Wildman–Crippen MR) is 223 cm³/mol. The molecule has 0 spiro atoms. The van der Waals surface area contributed by atoms with Gasteiger partial charge in [0.1, 0.15) is 41.2 Å². The number of nitrogens with zero attached hydrogens (tertiary/aromatic N) is 2. The highest BCUT2D eigenvalue weighted by atomic mass is 35.5. The zero-order valence-electron chi connectivity index (χ0n) is 34.6. The van der Waals surface area contributed by atoms with Gasteiger partial charge in [-0.15, -0.1) is 18.2 Å². The Hall–Kier alpha value is -4.10. The van der Waals surface area contributed by atoms with E-state index in [-0.39, 0.29) is 56.5 Å². The number of hydrogen-bond donors (Lipinski definition) is 2. The van der Waals surface area contributed by atoms with E-state index >= 15 is 0 Å². The van der Waals surface area contributed by atoms with E-state index in [1.807, 2.05) is 45.9 Å². The first-order valence-electron chi connectivity index (χ1n) is 20.6. The topological polar surface area (TPSA) is 146 Å². The number of ether oxygens (including phenoxy) is 5. The summed E-state index contributed by atoms with van der Waals surface area (Å²) in [6.45, 7) is 12.5. The maximum absolute atomic E-state index is 14.1. The molecular formula is C45H61ClN2O10. The van der Waals surface area contributed by atoms with Crippen LogP contribution in [0.1, 0.15) is 101 Å². The number of rotatable bonds is 21. The van der Waals surface area contributed by atoms with Crippen molar-refractivity contribution >= 4 is 29.7 Å². The molecule has 3 aliphatic rings. The molecule has 1 amide bonds. The summed E-state index contributed by atoms with van der Waals surface area (Å²) in [6.07, 6.45) is 9.57. The lowest BCUT2D eigenvalue weighted by Crippen LogP contribution is -2.70. The first-order valence-corrected chi connectivity index (χ1v) is 21.1. The molecule has 2 aromatic carbocycles. The van der Waals surface area contributed by atoms with Crippen molar-refractivity contribution in [2.24, 2.45) is 22.9 Å². The molecule has 2 aromatic rings. The van der Waals surface area contributed by atoms with E-state index in [9.17, 15) is 19.8 Å². The fraction of sp³-hybridized carbons (Fsp3) is 0.578. The van der Waals surface area contributed by atoms with Crippen LogP contribution in [0.25, 0.3) is 0 Å². The molecule has 5 rings (SSSR count). The minimum Gasteiger partial charge on any atom is -0.496 e. The van der Waals surface area contributed by atoms with E-state index < -0.39 is 29.4 Å². The molecule has 0 aromatic heterocycles. The molecule has 1 heterocycles. The third-order valence-electron chi connectivity index (χ3n) is 11.0. The molecule has 318 valence electrons. The van der Waals surface area contributed by atoms with E-state index in [0.717, 1.165) is 43.1 Å². The van der Waals surface area contributed by atoms with Crippen molar-refractivity contribution in [2.75, 3.05) is 46.0 Å². The third kappa shape index (κ3) is 10.2. The Bertz CT molecular complexity index is 1780. The number of aldehydes is 1. The van der Waals surface area contributed by atoms with Crippen molar-refractivity contribution in [1.82, 2.24) is 4.90 Å². The van der Waals surface area contributed by atoms with Crippen LogP contribution >= 0.6 is 11.6 Å². The number of hydrogen-bond acceptors (Lipinski definition) is 11. The molecule has 6 atom stereocenters. The number of aliphatic hydroxyl groups is 2. The fourth-order valence-corrected chi connectivity index (χ4v) is 8.81. The predicted octanol–water partition coefficient (Wildman–Crippen LogP) is 8.82. The quantitative estimate of drug-likeness (QED) is 0.0412. The van der Waals surface area contributed by atoms with Gasteiger partial charge in [-0.2, -0.15) is 0 Å². The van der Waals surface area contributed by atoms with Crippen molar-refractivity contribution in [1.29, 1.82) is 0 Å². The van der Waals surface area contributed by atoms with Crippen LogP contribution in [0.15, 0.2) is 65.9 Å². The van der Waals surface area contributed by atoms with E-state index in [1.54, 1.807) is 29.2 Å². The van der Waals surface area contributed by atoms with Gasteiger partial charge < -0.3 is 38.7 Å². The van der Waals surface area contributed by atoms with Crippen LogP contribution in [0, 0.1) is 17.8 Å². The van der Waals surface area contributed by atoms with E-state index in [4.69, 9.17) is 45.3 Å². The zero-order valence-corrected chi connectivity index (χ0v) is 35.4. The number of oxime groups is 1. The molecule has 2 aliphatic carbocycles. The minimum absolute atomic E-state index is 0.0256. The van der Waals surface area contributed by atoms with E-state index in [2.05, 4.69) is 12.7 Å². The van der Waals surface area contributed by atoms with Gasteiger partial charge in [-0.25, -0.2) is 4.79 Å². The van der Waals surface area contributed by atoms with E-state index in [1.165, 1.54) is 7.11 Å². The lowest BCUT2D eigenvalue weighted by atomic mass is 9.55. The van der Waals surface area contributed by atoms with Crippen LogP contribution in [0.2, 0.25) is 0 Å². The highest BCUT2D eigenvalue weighted by Crippen LogP contribution is 2.62. The van der Waals surface area contributed by atoms with Crippen LogP contribution in [0.3, 0.4) is 0 Å². The number of carbonyl (C=O) groups is 2. The summed E-state index contributed by atoms with van der Waals surface area (Å²) in [4.78, 5) is 33.8. The molecule has 58 heavy (non-hydrogen) atoms. The summed E-state index contributed by atoms with van der Waals surface area (Å²) in [7, 11) is 1.51.